The molecule has 2 heteroatoms. The van der Waals surface area contributed by atoms with Crippen LogP contribution in [0.1, 0.15) is 42.5 Å². The number of hydrogen-bond donors (Lipinski definition) is 0. The third kappa shape index (κ3) is 2.14. The summed E-state index contributed by atoms with van der Waals surface area (Å²) in [6, 6.07) is 8.15. The summed E-state index contributed by atoms with van der Waals surface area (Å²) in [5.41, 5.74) is 0.935. The first-order valence-corrected chi connectivity index (χ1v) is 7.22. The number of carbonyl (C=O) groups excluding carboxylic acids is 1. The summed E-state index contributed by atoms with van der Waals surface area (Å²) in [6.07, 6.45) is 5.84. The molecule has 1 aromatic heterocycles. The van der Waals surface area contributed by atoms with Crippen molar-refractivity contribution >= 4 is 27.2 Å². The molecule has 17 heavy (non-hydrogen) atoms. The first-order valence-electron chi connectivity index (χ1n) is 6.34. The zero-order chi connectivity index (χ0) is 11.7. The number of benzene rings is 1. The highest BCUT2D eigenvalue weighted by Gasteiger charge is 2.20. The van der Waals surface area contributed by atoms with E-state index in [4.69, 9.17) is 0 Å². The maximum Gasteiger partial charge on any atom is 0.164 e. The topological polar surface area (TPSA) is 17.1 Å². The number of hydrogen-bond acceptors (Lipinski definition) is 2. The van der Waals surface area contributed by atoms with E-state index in [-0.39, 0.29) is 0 Å². The van der Waals surface area contributed by atoms with Gasteiger partial charge in [-0.3, -0.25) is 4.79 Å². The standard InChI is InChI=1S/C15H16OS/c16-14(10-11-4-1-2-5-11)13-7-3-6-12-8-9-17-15(12)13/h3,6-9,11H,1-2,4-5,10H2. The lowest BCUT2D eigenvalue weighted by molar-refractivity contribution is 0.0964. The number of rotatable bonds is 3. The van der Waals surface area contributed by atoms with Gasteiger partial charge in [-0.15, -0.1) is 11.3 Å². The summed E-state index contributed by atoms with van der Waals surface area (Å²) in [7, 11) is 0. The van der Waals surface area contributed by atoms with Gasteiger partial charge >= 0.3 is 0 Å². The number of Topliss-reactive ketones (excluding diaryl/α,β-unsaturated/α-hetero) is 1. The minimum atomic E-state index is 0.338. The Morgan fingerprint density at radius 3 is 2.88 bits per heavy atom. The van der Waals surface area contributed by atoms with Crippen molar-refractivity contribution in [2.24, 2.45) is 5.92 Å². The summed E-state index contributed by atoms with van der Waals surface area (Å²) in [6.45, 7) is 0. The molecule has 0 saturated heterocycles. The van der Waals surface area contributed by atoms with Crippen molar-refractivity contribution in [1.82, 2.24) is 0 Å². The minimum absolute atomic E-state index is 0.338. The van der Waals surface area contributed by atoms with Crippen molar-refractivity contribution in [3.05, 3.63) is 35.2 Å². The van der Waals surface area contributed by atoms with E-state index >= 15 is 0 Å². The van der Waals surface area contributed by atoms with Crippen molar-refractivity contribution < 1.29 is 4.79 Å². The summed E-state index contributed by atoms with van der Waals surface area (Å²) < 4.78 is 1.16. The molecule has 1 aromatic carbocycles. The van der Waals surface area contributed by atoms with Gasteiger partial charge < -0.3 is 0 Å². The Hall–Kier alpha value is -1.15. The largest absolute Gasteiger partial charge is 0.294 e. The first kappa shape index (κ1) is 11.0. The number of ketones is 1. The average molecular weight is 244 g/mol. The zero-order valence-corrected chi connectivity index (χ0v) is 10.6. The first-order chi connectivity index (χ1) is 8.34. The fourth-order valence-corrected chi connectivity index (χ4v) is 3.73. The minimum Gasteiger partial charge on any atom is -0.294 e. The molecule has 3 rings (SSSR count). The van der Waals surface area contributed by atoms with Crippen LogP contribution < -0.4 is 0 Å². The van der Waals surface area contributed by atoms with Gasteiger partial charge in [-0.2, -0.15) is 0 Å². The predicted octanol–water partition coefficient (Wildman–Crippen LogP) is 4.66. The van der Waals surface area contributed by atoms with Gasteiger partial charge in [0.25, 0.3) is 0 Å². The van der Waals surface area contributed by atoms with Gasteiger partial charge in [0.15, 0.2) is 5.78 Å². The predicted molar refractivity (Wildman–Crippen MR) is 72.7 cm³/mol. The van der Waals surface area contributed by atoms with Crippen LogP contribution in [0.2, 0.25) is 0 Å². The van der Waals surface area contributed by atoms with E-state index in [1.54, 1.807) is 11.3 Å². The third-order valence-electron chi connectivity index (χ3n) is 3.73. The van der Waals surface area contributed by atoms with E-state index in [9.17, 15) is 4.79 Å². The van der Waals surface area contributed by atoms with Crippen LogP contribution in [-0.2, 0) is 0 Å². The van der Waals surface area contributed by atoms with Crippen LogP contribution in [-0.4, -0.2) is 5.78 Å². The van der Waals surface area contributed by atoms with Gasteiger partial charge in [-0.1, -0.05) is 37.8 Å². The fraction of sp³-hybridized carbons (Fsp3) is 0.400. The van der Waals surface area contributed by atoms with Crippen molar-refractivity contribution in [3.8, 4) is 0 Å². The second kappa shape index (κ2) is 4.61. The van der Waals surface area contributed by atoms with E-state index < -0.39 is 0 Å². The molecule has 2 aromatic rings. The highest BCUT2D eigenvalue weighted by molar-refractivity contribution is 7.17. The van der Waals surface area contributed by atoms with Crippen LogP contribution in [0.4, 0.5) is 0 Å². The quantitative estimate of drug-likeness (QED) is 0.717. The zero-order valence-electron chi connectivity index (χ0n) is 9.82. The van der Waals surface area contributed by atoms with Crippen molar-refractivity contribution in [3.63, 3.8) is 0 Å². The van der Waals surface area contributed by atoms with Crippen molar-refractivity contribution in [2.45, 2.75) is 32.1 Å². The molecular weight excluding hydrogens is 228 g/mol. The summed E-state index contributed by atoms with van der Waals surface area (Å²) in [5, 5.41) is 3.27. The molecule has 1 nitrogen and oxygen atoms in total. The van der Waals surface area contributed by atoms with Crippen LogP contribution in [0.25, 0.3) is 10.1 Å². The molecule has 88 valence electrons. The molecule has 0 radical (unpaired) electrons. The molecule has 0 N–H and O–H groups in total. The number of carbonyl (C=O) groups is 1. The van der Waals surface area contributed by atoms with Crippen LogP contribution in [0.5, 0.6) is 0 Å². The van der Waals surface area contributed by atoms with Gasteiger partial charge in [0.1, 0.15) is 0 Å². The molecule has 0 amide bonds. The Morgan fingerprint density at radius 2 is 2.06 bits per heavy atom. The fourth-order valence-electron chi connectivity index (χ4n) is 2.80. The van der Waals surface area contributed by atoms with Crippen molar-refractivity contribution in [2.75, 3.05) is 0 Å². The van der Waals surface area contributed by atoms with E-state index in [0.29, 0.717) is 11.7 Å². The maximum atomic E-state index is 12.3. The smallest absolute Gasteiger partial charge is 0.164 e. The highest BCUT2D eigenvalue weighted by atomic mass is 32.1. The molecular formula is C15H16OS. The normalized spacial score (nSPS) is 16.7. The van der Waals surface area contributed by atoms with E-state index in [1.807, 2.05) is 12.1 Å². The lowest BCUT2D eigenvalue weighted by atomic mass is 9.96. The Labute approximate surface area is 105 Å². The van der Waals surface area contributed by atoms with E-state index in [1.165, 1.54) is 31.1 Å². The lowest BCUT2D eigenvalue weighted by Gasteiger charge is -2.08. The molecule has 0 unspecified atom stereocenters. The van der Waals surface area contributed by atoms with Crippen molar-refractivity contribution in [1.29, 1.82) is 0 Å². The SMILES string of the molecule is O=C(CC1CCCC1)c1cccc2ccsc12. The molecule has 1 aliphatic rings. The summed E-state index contributed by atoms with van der Waals surface area (Å²) in [4.78, 5) is 12.3. The lowest BCUT2D eigenvalue weighted by Crippen LogP contribution is -2.05. The second-order valence-corrected chi connectivity index (χ2v) is 5.84. The van der Waals surface area contributed by atoms with Crippen LogP contribution >= 0.6 is 11.3 Å². The Balaban J connectivity index is 1.87. The maximum absolute atomic E-state index is 12.3. The summed E-state index contributed by atoms with van der Waals surface area (Å²) in [5.74, 6) is 0.975. The Morgan fingerprint density at radius 1 is 1.24 bits per heavy atom. The van der Waals surface area contributed by atoms with Crippen LogP contribution in [0.15, 0.2) is 29.6 Å². The number of fused-ring (bicyclic) bond motifs is 1. The molecule has 0 atom stereocenters. The van der Waals surface area contributed by atoms with Gasteiger partial charge in [0, 0.05) is 16.7 Å². The third-order valence-corrected chi connectivity index (χ3v) is 4.69. The van der Waals surface area contributed by atoms with Gasteiger partial charge in [-0.05, 0) is 28.8 Å². The average Bonchev–Trinajstić information content (AvgIpc) is 2.97. The molecule has 1 heterocycles. The molecule has 0 spiro atoms. The van der Waals surface area contributed by atoms with E-state index in [0.717, 1.165) is 16.7 Å². The molecule has 1 aliphatic carbocycles. The second-order valence-electron chi connectivity index (χ2n) is 4.92. The van der Waals surface area contributed by atoms with Crippen LogP contribution in [0.3, 0.4) is 0 Å². The van der Waals surface area contributed by atoms with Gasteiger partial charge in [0.05, 0.1) is 0 Å². The monoisotopic (exact) mass is 244 g/mol. The van der Waals surface area contributed by atoms with Gasteiger partial charge in [0.2, 0.25) is 0 Å². The Bertz CT molecular complexity index is 535. The Kier molecular flexibility index (Phi) is 2.98. The molecule has 0 bridgehead atoms. The molecule has 1 saturated carbocycles. The highest BCUT2D eigenvalue weighted by Crippen LogP contribution is 2.31. The molecule has 0 aliphatic heterocycles. The van der Waals surface area contributed by atoms with E-state index in [2.05, 4.69) is 17.5 Å². The molecule has 1 fully saturated rings. The number of thiophene rings is 1. The van der Waals surface area contributed by atoms with Gasteiger partial charge in [-0.25, -0.2) is 0 Å². The summed E-state index contributed by atoms with van der Waals surface area (Å²) >= 11 is 1.68. The van der Waals surface area contributed by atoms with Crippen LogP contribution in [0, 0.1) is 5.92 Å².